The van der Waals surface area contributed by atoms with E-state index >= 15 is 0 Å². The molecule has 1 amide bonds. The summed E-state index contributed by atoms with van der Waals surface area (Å²) < 4.78 is 27.7. The summed E-state index contributed by atoms with van der Waals surface area (Å²) >= 11 is 0. The molecule has 0 aliphatic carbocycles. The maximum atomic E-state index is 11.7. The van der Waals surface area contributed by atoms with Gasteiger partial charge in [-0.15, -0.1) is 0 Å². The molecule has 0 aromatic heterocycles. The number of β-amino-alcohol motifs (C(OH)–C–C–N with tert-alkyl or cyclic N) is 1. The summed E-state index contributed by atoms with van der Waals surface area (Å²) in [4.78, 5) is 11.6. The minimum Gasteiger partial charge on any atom is -0.390 e. The molecule has 0 saturated carbocycles. The molecule has 0 radical (unpaired) electrons. The second-order valence-corrected chi connectivity index (χ2v) is 7.11. The molecule has 7 nitrogen and oxygen atoms in total. The number of rotatable bonds is 7. The van der Waals surface area contributed by atoms with Crippen molar-refractivity contribution in [3.8, 4) is 0 Å². The molecule has 1 aliphatic heterocycles. The number of aliphatic hydroxyl groups is 1. The average molecular weight is 280 g/mol. The maximum absolute atomic E-state index is 11.7. The lowest BCUT2D eigenvalue weighted by Crippen LogP contribution is -2.68. The lowest BCUT2D eigenvalue weighted by molar-refractivity contribution is -0.133. The van der Waals surface area contributed by atoms with Crippen LogP contribution in [-0.2, 0) is 19.6 Å². The monoisotopic (exact) mass is 280 g/mol. The van der Waals surface area contributed by atoms with Crippen LogP contribution in [0.4, 0.5) is 0 Å². The van der Waals surface area contributed by atoms with E-state index in [-0.39, 0.29) is 13.1 Å². The van der Waals surface area contributed by atoms with Gasteiger partial charge >= 0.3 is 0 Å². The van der Waals surface area contributed by atoms with Crippen molar-refractivity contribution in [2.24, 2.45) is 0 Å². The predicted octanol–water partition coefficient (Wildman–Crippen LogP) is -1.47. The van der Waals surface area contributed by atoms with Crippen molar-refractivity contribution in [2.75, 3.05) is 33.4 Å². The van der Waals surface area contributed by atoms with Crippen molar-refractivity contribution in [3.63, 3.8) is 0 Å². The molecule has 8 heteroatoms. The number of sulfonamides is 1. The SMILES string of the molecule is COCCNCC(O)CN1C(=O)C(C)(C)S1(=O)=O. The number of methoxy groups -OCH3 is 1. The van der Waals surface area contributed by atoms with Crippen molar-refractivity contribution >= 4 is 15.9 Å². The van der Waals surface area contributed by atoms with Gasteiger partial charge in [-0.2, -0.15) is 0 Å². The molecule has 1 atom stereocenters. The molecule has 0 bridgehead atoms. The van der Waals surface area contributed by atoms with E-state index in [1.807, 2.05) is 0 Å². The van der Waals surface area contributed by atoms with Crippen LogP contribution in [0.15, 0.2) is 0 Å². The highest BCUT2D eigenvalue weighted by Gasteiger charge is 2.60. The predicted molar refractivity (Wildman–Crippen MR) is 65.5 cm³/mol. The van der Waals surface area contributed by atoms with Crippen LogP contribution in [0, 0.1) is 0 Å². The summed E-state index contributed by atoms with van der Waals surface area (Å²) in [7, 11) is -2.05. The Kier molecular flexibility index (Phi) is 4.71. The van der Waals surface area contributed by atoms with E-state index in [0.717, 1.165) is 4.31 Å². The molecule has 0 aromatic carbocycles. The highest BCUT2D eigenvalue weighted by atomic mass is 32.2. The maximum Gasteiger partial charge on any atom is 0.258 e. The Hall–Kier alpha value is -0.700. The Morgan fingerprint density at radius 2 is 2.11 bits per heavy atom. The zero-order valence-corrected chi connectivity index (χ0v) is 11.7. The molecule has 0 aromatic rings. The molecule has 18 heavy (non-hydrogen) atoms. The van der Waals surface area contributed by atoms with Crippen molar-refractivity contribution in [1.82, 2.24) is 9.62 Å². The standard InChI is InChI=1S/C10H20N2O5S/c1-10(2)9(14)12(18(10,15)16)7-8(13)6-11-4-5-17-3/h8,11,13H,4-7H2,1-3H3. The number of hydrogen-bond acceptors (Lipinski definition) is 6. The fourth-order valence-corrected chi connectivity index (χ4v) is 3.20. The van der Waals surface area contributed by atoms with Gasteiger partial charge in [0.1, 0.15) is 0 Å². The van der Waals surface area contributed by atoms with E-state index in [2.05, 4.69) is 5.32 Å². The number of nitrogens with one attached hydrogen (secondary N) is 1. The Morgan fingerprint density at radius 1 is 1.50 bits per heavy atom. The van der Waals surface area contributed by atoms with Crippen molar-refractivity contribution in [1.29, 1.82) is 0 Å². The van der Waals surface area contributed by atoms with E-state index in [0.29, 0.717) is 13.2 Å². The van der Waals surface area contributed by atoms with Gasteiger partial charge in [-0.1, -0.05) is 0 Å². The summed E-state index contributed by atoms with van der Waals surface area (Å²) in [5.41, 5.74) is 0. The summed E-state index contributed by atoms with van der Waals surface area (Å²) in [5, 5.41) is 12.5. The largest absolute Gasteiger partial charge is 0.390 e. The number of amides is 1. The number of aliphatic hydroxyl groups excluding tert-OH is 1. The number of ether oxygens (including phenoxy) is 1. The first-order valence-corrected chi connectivity index (χ1v) is 7.13. The van der Waals surface area contributed by atoms with Crippen LogP contribution in [0.1, 0.15) is 13.8 Å². The smallest absolute Gasteiger partial charge is 0.258 e. The molecule has 1 unspecified atom stereocenters. The molecular formula is C10H20N2O5S. The number of hydrogen-bond donors (Lipinski definition) is 2. The van der Waals surface area contributed by atoms with Gasteiger partial charge < -0.3 is 15.2 Å². The minimum atomic E-state index is -3.61. The third-order valence-electron chi connectivity index (χ3n) is 2.92. The molecule has 1 heterocycles. The molecule has 1 saturated heterocycles. The first-order chi connectivity index (χ1) is 8.25. The molecule has 1 aliphatic rings. The first kappa shape index (κ1) is 15.4. The van der Waals surface area contributed by atoms with Gasteiger partial charge in [-0.3, -0.25) is 4.79 Å². The highest BCUT2D eigenvalue weighted by Crippen LogP contribution is 2.34. The van der Waals surface area contributed by atoms with Crippen molar-refractivity contribution < 1.29 is 23.1 Å². The Bertz CT molecular complexity index is 406. The first-order valence-electron chi connectivity index (χ1n) is 5.69. The Labute approximate surface area is 107 Å². The lowest BCUT2D eigenvalue weighted by Gasteiger charge is -2.43. The molecule has 0 spiro atoms. The van der Waals surface area contributed by atoms with Gasteiger partial charge in [0, 0.05) is 20.2 Å². The van der Waals surface area contributed by atoms with E-state index < -0.39 is 26.8 Å². The number of carbonyl (C=O) groups is 1. The van der Waals surface area contributed by atoms with E-state index in [1.165, 1.54) is 13.8 Å². The van der Waals surface area contributed by atoms with Crippen molar-refractivity contribution in [3.05, 3.63) is 0 Å². The Morgan fingerprint density at radius 3 is 2.61 bits per heavy atom. The molecular weight excluding hydrogens is 260 g/mol. The van der Waals surface area contributed by atoms with Crippen molar-refractivity contribution in [2.45, 2.75) is 24.7 Å². The summed E-state index contributed by atoms with van der Waals surface area (Å²) in [6.07, 6.45) is -0.920. The van der Waals surface area contributed by atoms with Crippen LogP contribution in [-0.4, -0.2) is 67.9 Å². The topological polar surface area (TPSA) is 95.9 Å². The van der Waals surface area contributed by atoms with Gasteiger partial charge in [0.25, 0.3) is 15.9 Å². The lowest BCUT2D eigenvalue weighted by atomic mass is 10.2. The molecule has 1 rings (SSSR count). The van der Waals surface area contributed by atoms with Crippen LogP contribution in [0.5, 0.6) is 0 Å². The fourth-order valence-electron chi connectivity index (χ4n) is 1.64. The third kappa shape index (κ3) is 2.66. The van der Waals surface area contributed by atoms with E-state index in [4.69, 9.17) is 4.74 Å². The van der Waals surface area contributed by atoms with Gasteiger partial charge in [0.05, 0.1) is 19.3 Å². The van der Waals surface area contributed by atoms with E-state index in [9.17, 15) is 18.3 Å². The Balaban J connectivity index is 2.43. The number of carbonyl (C=O) groups excluding carboxylic acids is 1. The normalized spacial score (nSPS) is 22.7. The quantitative estimate of drug-likeness (QED) is 0.553. The average Bonchev–Trinajstić information content (AvgIpc) is 2.30. The second kappa shape index (κ2) is 5.52. The molecule has 2 N–H and O–H groups in total. The van der Waals surface area contributed by atoms with E-state index in [1.54, 1.807) is 7.11 Å². The minimum absolute atomic E-state index is 0.204. The zero-order valence-electron chi connectivity index (χ0n) is 10.8. The van der Waals surface area contributed by atoms with Crippen LogP contribution in [0.2, 0.25) is 0 Å². The molecule has 1 fully saturated rings. The summed E-state index contributed by atoms with van der Waals surface area (Å²) in [6, 6.07) is 0. The van der Waals surface area contributed by atoms with Crippen LogP contribution < -0.4 is 5.32 Å². The second-order valence-electron chi connectivity index (χ2n) is 4.70. The zero-order chi connectivity index (χ0) is 14.0. The van der Waals surface area contributed by atoms with Gasteiger partial charge in [0.15, 0.2) is 4.75 Å². The fraction of sp³-hybridized carbons (Fsp3) is 0.900. The molecule has 106 valence electrons. The van der Waals surface area contributed by atoms with Crippen LogP contribution in [0.3, 0.4) is 0 Å². The van der Waals surface area contributed by atoms with Gasteiger partial charge in [-0.25, -0.2) is 12.7 Å². The van der Waals surface area contributed by atoms with Crippen LogP contribution in [0.25, 0.3) is 0 Å². The van der Waals surface area contributed by atoms with Gasteiger partial charge in [-0.05, 0) is 13.8 Å². The summed E-state index contributed by atoms with van der Waals surface area (Å²) in [5.74, 6) is -0.474. The summed E-state index contributed by atoms with van der Waals surface area (Å²) in [6.45, 7) is 3.79. The number of nitrogens with zero attached hydrogens (tertiary/aromatic N) is 1. The van der Waals surface area contributed by atoms with Crippen LogP contribution >= 0.6 is 0 Å². The third-order valence-corrected chi connectivity index (χ3v) is 5.28. The highest BCUT2D eigenvalue weighted by molar-refractivity contribution is 7.94. The van der Waals surface area contributed by atoms with Gasteiger partial charge in [0.2, 0.25) is 0 Å².